The molecule has 0 bridgehead atoms. The minimum Gasteiger partial charge on any atom is -0.480 e. The number of anilines is 1. The summed E-state index contributed by atoms with van der Waals surface area (Å²) in [6, 6.07) is 7.86. The molecule has 0 unspecified atom stereocenters. The highest BCUT2D eigenvalue weighted by molar-refractivity contribution is 5.74. The number of rotatable bonds is 6. The Labute approximate surface area is 102 Å². The summed E-state index contributed by atoms with van der Waals surface area (Å²) in [4.78, 5) is 12.7. The van der Waals surface area contributed by atoms with Gasteiger partial charge in [-0.3, -0.25) is 4.79 Å². The molecule has 0 aliphatic rings. The summed E-state index contributed by atoms with van der Waals surface area (Å²) in [5.41, 5.74) is 3.12. The van der Waals surface area contributed by atoms with Crippen molar-refractivity contribution in [3.8, 4) is 0 Å². The van der Waals surface area contributed by atoms with Crippen molar-refractivity contribution >= 4 is 11.7 Å². The number of carboxylic acid groups (broad SMARTS) is 1. The fourth-order valence-corrected chi connectivity index (χ4v) is 1.54. The van der Waals surface area contributed by atoms with Crippen molar-refractivity contribution in [3.63, 3.8) is 0 Å². The summed E-state index contributed by atoms with van der Waals surface area (Å²) in [5, 5.41) is 8.91. The van der Waals surface area contributed by atoms with Crippen molar-refractivity contribution in [2.45, 2.75) is 20.3 Å². The lowest BCUT2D eigenvalue weighted by Crippen LogP contribution is -2.31. The molecule has 17 heavy (non-hydrogen) atoms. The van der Waals surface area contributed by atoms with Crippen LogP contribution in [0.1, 0.15) is 18.9 Å². The number of nitrogens with zero attached hydrogens (tertiary/aromatic N) is 1. The van der Waals surface area contributed by atoms with E-state index in [2.05, 4.69) is 6.58 Å². The SMILES string of the molecule is C=C(CC)CN(CC(=O)O)c1ccc(C)cc1. The van der Waals surface area contributed by atoms with E-state index >= 15 is 0 Å². The van der Waals surface area contributed by atoms with Gasteiger partial charge >= 0.3 is 5.97 Å². The molecular weight excluding hydrogens is 214 g/mol. The van der Waals surface area contributed by atoms with E-state index in [9.17, 15) is 4.79 Å². The zero-order valence-electron chi connectivity index (χ0n) is 10.4. The van der Waals surface area contributed by atoms with Crippen LogP contribution in [0.4, 0.5) is 5.69 Å². The van der Waals surface area contributed by atoms with E-state index in [1.807, 2.05) is 43.0 Å². The van der Waals surface area contributed by atoms with Crippen LogP contribution in [0, 0.1) is 6.92 Å². The molecule has 1 aromatic rings. The van der Waals surface area contributed by atoms with Crippen molar-refractivity contribution in [1.29, 1.82) is 0 Å². The number of hydrogen-bond donors (Lipinski definition) is 1. The summed E-state index contributed by atoms with van der Waals surface area (Å²) >= 11 is 0. The second-order valence-electron chi connectivity index (χ2n) is 4.19. The van der Waals surface area contributed by atoms with Crippen molar-refractivity contribution in [2.75, 3.05) is 18.0 Å². The highest BCUT2D eigenvalue weighted by atomic mass is 16.4. The molecule has 1 N–H and O–H groups in total. The lowest BCUT2D eigenvalue weighted by atomic mass is 10.1. The van der Waals surface area contributed by atoms with Gasteiger partial charge in [0, 0.05) is 12.2 Å². The third-order valence-electron chi connectivity index (χ3n) is 2.64. The minimum atomic E-state index is -0.825. The number of carboxylic acids is 1. The summed E-state index contributed by atoms with van der Waals surface area (Å²) in [7, 11) is 0. The third-order valence-corrected chi connectivity index (χ3v) is 2.64. The largest absolute Gasteiger partial charge is 0.480 e. The van der Waals surface area contributed by atoms with Gasteiger partial charge in [-0.25, -0.2) is 0 Å². The molecule has 0 fully saturated rings. The van der Waals surface area contributed by atoms with E-state index in [1.165, 1.54) is 5.56 Å². The van der Waals surface area contributed by atoms with Gasteiger partial charge in [0.2, 0.25) is 0 Å². The van der Waals surface area contributed by atoms with Gasteiger partial charge in [-0.05, 0) is 25.5 Å². The predicted octanol–water partition coefficient (Wildman–Crippen LogP) is 2.85. The van der Waals surface area contributed by atoms with Crippen molar-refractivity contribution in [3.05, 3.63) is 42.0 Å². The van der Waals surface area contributed by atoms with E-state index in [-0.39, 0.29) is 6.54 Å². The molecule has 0 saturated carbocycles. The second-order valence-corrected chi connectivity index (χ2v) is 4.19. The third kappa shape index (κ3) is 4.31. The molecule has 0 heterocycles. The molecule has 0 aromatic heterocycles. The average Bonchev–Trinajstić information content (AvgIpc) is 2.28. The van der Waals surface area contributed by atoms with Gasteiger partial charge in [0.05, 0.1) is 0 Å². The van der Waals surface area contributed by atoms with Gasteiger partial charge in [-0.15, -0.1) is 0 Å². The first kappa shape index (κ1) is 13.3. The fraction of sp³-hybridized carbons (Fsp3) is 0.357. The maximum Gasteiger partial charge on any atom is 0.323 e. The van der Waals surface area contributed by atoms with E-state index in [4.69, 9.17) is 5.11 Å². The van der Waals surface area contributed by atoms with Gasteiger partial charge in [0.1, 0.15) is 6.54 Å². The molecule has 3 heteroatoms. The number of carbonyl (C=O) groups is 1. The van der Waals surface area contributed by atoms with Crippen molar-refractivity contribution in [2.24, 2.45) is 0 Å². The molecule has 1 rings (SSSR count). The van der Waals surface area contributed by atoms with Gasteiger partial charge in [-0.2, -0.15) is 0 Å². The molecule has 0 aliphatic heterocycles. The molecular formula is C14H19NO2. The number of aryl methyl sites for hydroxylation is 1. The maximum atomic E-state index is 10.8. The van der Waals surface area contributed by atoms with Gasteiger partial charge in [-0.1, -0.05) is 36.8 Å². The van der Waals surface area contributed by atoms with Gasteiger partial charge < -0.3 is 10.0 Å². The topological polar surface area (TPSA) is 40.5 Å². The molecule has 0 saturated heterocycles. The van der Waals surface area contributed by atoms with Crippen molar-refractivity contribution < 1.29 is 9.90 Å². The Morgan fingerprint density at radius 2 is 1.88 bits per heavy atom. The van der Waals surface area contributed by atoms with E-state index in [0.717, 1.165) is 17.7 Å². The molecule has 0 radical (unpaired) electrons. The van der Waals surface area contributed by atoms with Crippen LogP contribution in [-0.2, 0) is 4.79 Å². The molecule has 0 spiro atoms. The van der Waals surface area contributed by atoms with Gasteiger partial charge in [0.25, 0.3) is 0 Å². The Hall–Kier alpha value is -1.77. The zero-order valence-corrected chi connectivity index (χ0v) is 10.4. The summed E-state index contributed by atoms with van der Waals surface area (Å²) < 4.78 is 0. The molecule has 0 aliphatic carbocycles. The lowest BCUT2D eigenvalue weighted by molar-refractivity contribution is -0.135. The summed E-state index contributed by atoms with van der Waals surface area (Å²) in [5.74, 6) is -0.825. The van der Waals surface area contributed by atoms with Gasteiger partial charge in [0.15, 0.2) is 0 Å². The number of benzene rings is 1. The van der Waals surface area contributed by atoms with Crippen LogP contribution < -0.4 is 4.90 Å². The Kier molecular flexibility index (Phi) is 4.76. The van der Waals surface area contributed by atoms with Crippen LogP contribution in [0.5, 0.6) is 0 Å². The molecule has 0 atom stereocenters. The van der Waals surface area contributed by atoms with Crippen molar-refractivity contribution in [1.82, 2.24) is 0 Å². The molecule has 3 nitrogen and oxygen atoms in total. The van der Waals surface area contributed by atoms with Crippen LogP contribution in [0.15, 0.2) is 36.4 Å². The van der Waals surface area contributed by atoms with Crippen LogP contribution in [0.2, 0.25) is 0 Å². The van der Waals surface area contributed by atoms with Crippen LogP contribution in [0.3, 0.4) is 0 Å². The lowest BCUT2D eigenvalue weighted by Gasteiger charge is -2.23. The first-order chi connectivity index (χ1) is 8.02. The van der Waals surface area contributed by atoms with E-state index < -0.39 is 5.97 Å². The first-order valence-corrected chi connectivity index (χ1v) is 5.73. The predicted molar refractivity (Wildman–Crippen MR) is 70.5 cm³/mol. The Balaban J connectivity index is 2.85. The highest BCUT2D eigenvalue weighted by Gasteiger charge is 2.11. The first-order valence-electron chi connectivity index (χ1n) is 5.73. The summed E-state index contributed by atoms with van der Waals surface area (Å²) in [6.45, 7) is 8.55. The minimum absolute atomic E-state index is 0.00206. The van der Waals surface area contributed by atoms with E-state index in [1.54, 1.807) is 0 Å². The number of aliphatic carboxylic acids is 1. The zero-order chi connectivity index (χ0) is 12.8. The standard InChI is InChI=1S/C14H19NO2/c1-4-11(2)9-15(10-14(16)17)13-7-5-12(3)6-8-13/h5-8H,2,4,9-10H2,1,3H3,(H,16,17). The monoisotopic (exact) mass is 233 g/mol. The van der Waals surface area contributed by atoms with E-state index in [0.29, 0.717) is 6.54 Å². The quantitative estimate of drug-likeness (QED) is 0.768. The number of hydrogen-bond acceptors (Lipinski definition) is 2. The molecule has 1 aromatic carbocycles. The fourth-order valence-electron chi connectivity index (χ4n) is 1.54. The molecule has 0 amide bonds. The Morgan fingerprint density at radius 1 is 1.29 bits per heavy atom. The normalized spacial score (nSPS) is 10.0. The van der Waals surface area contributed by atoms with Crippen LogP contribution >= 0.6 is 0 Å². The smallest absolute Gasteiger partial charge is 0.323 e. The summed E-state index contributed by atoms with van der Waals surface area (Å²) in [6.07, 6.45) is 0.863. The Morgan fingerprint density at radius 3 is 2.35 bits per heavy atom. The Bertz CT molecular complexity index is 395. The second kappa shape index (κ2) is 6.09. The molecule has 92 valence electrons. The maximum absolute atomic E-state index is 10.8. The van der Waals surface area contributed by atoms with Crippen LogP contribution in [0.25, 0.3) is 0 Å². The van der Waals surface area contributed by atoms with Crippen LogP contribution in [-0.4, -0.2) is 24.2 Å². The highest BCUT2D eigenvalue weighted by Crippen LogP contribution is 2.16. The average molecular weight is 233 g/mol.